The molecule has 0 bridgehead atoms. The van der Waals surface area contributed by atoms with Crippen LogP contribution in [-0.4, -0.2) is 34.5 Å². The predicted molar refractivity (Wildman–Crippen MR) is 69.7 cm³/mol. The van der Waals surface area contributed by atoms with Crippen LogP contribution in [0.5, 0.6) is 0 Å². The van der Waals surface area contributed by atoms with Crippen LogP contribution in [0.2, 0.25) is 5.02 Å². The molecule has 2 aromatic heterocycles. The SMILES string of the molecule is CN(C)c1noc(CNC(=O)c2s[nH]c(=O)c2Cl)n1. The average Bonchev–Trinajstić information content (AvgIpc) is 2.95. The van der Waals surface area contributed by atoms with Gasteiger partial charge in [-0.3, -0.25) is 14.0 Å². The summed E-state index contributed by atoms with van der Waals surface area (Å²) in [5, 5.41) is 6.11. The number of nitrogens with zero attached hydrogens (tertiary/aromatic N) is 3. The largest absolute Gasteiger partial charge is 0.344 e. The van der Waals surface area contributed by atoms with Gasteiger partial charge in [-0.2, -0.15) is 4.98 Å². The number of halogens is 1. The molecule has 102 valence electrons. The molecule has 8 nitrogen and oxygen atoms in total. The van der Waals surface area contributed by atoms with Crippen molar-refractivity contribution in [1.29, 1.82) is 0 Å². The molecule has 2 aromatic rings. The first-order valence-electron chi connectivity index (χ1n) is 5.14. The van der Waals surface area contributed by atoms with E-state index in [1.54, 1.807) is 19.0 Å². The molecule has 2 N–H and O–H groups in total. The molecule has 10 heteroatoms. The number of hydrogen-bond acceptors (Lipinski definition) is 7. The van der Waals surface area contributed by atoms with E-state index in [1.807, 2.05) is 0 Å². The normalized spacial score (nSPS) is 10.5. The quantitative estimate of drug-likeness (QED) is 0.851. The summed E-state index contributed by atoms with van der Waals surface area (Å²) in [6.07, 6.45) is 0. The number of carbonyl (C=O) groups is 1. The molecule has 19 heavy (non-hydrogen) atoms. The molecule has 0 aliphatic heterocycles. The highest BCUT2D eigenvalue weighted by atomic mass is 35.5. The number of aromatic nitrogens is 3. The Morgan fingerprint density at radius 2 is 2.32 bits per heavy atom. The summed E-state index contributed by atoms with van der Waals surface area (Å²) in [6.45, 7) is 0.0576. The van der Waals surface area contributed by atoms with Gasteiger partial charge in [0.05, 0.1) is 6.54 Å². The zero-order chi connectivity index (χ0) is 14.0. The summed E-state index contributed by atoms with van der Waals surface area (Å²) in [7, 11) is 3.54. The molecule has 0 radical (unpaired) electrons. The van der Waals surface area contributed by atoms with Crippen molar-refractivity contribution < 1.29 is 9.32 Å². The number of rotatable bonds is 4. The van der Waals surface area contributed by atoms with Gasteiger partial charge in [-0.05, 0) is 5.16 Å². The molecule has 0 saturated heterocycles. The molecule has 0 saturated carbocycles. The Bertz CT molecular complexity index is 646. The maximum absolute atomic E-state index is 11.7. The zero-order valence-electron chi connectivity index (χ0n) is 10.1. The van der Waals surface area contributed by atoms with E-state index in [0.717, 1.165) is 11.5 Å². The maximum atomic E-state index is 11.7. The lowest BCUT2D eigenvalue weighted by molar-refractivity contribution is 0.0950. The Hall–Kier alpha value is -1.87. The highest BCUT2D eigenvalue weighted by molar-refractivity contribution is 7.08. The van der Waals surface area contributed by atoms with Gasteiger partial charge in [0.1, 0.15) is 9.90 Å². The molecule has 1 amide bonds. The number of nitrogens with one attached hydrogen (secondary N) is 2. The fourth-order valence-electron chi connectivity index (χ4n) is 1.17. The number of H-pyrrole nitrogens is 1. The summed E-state index contributed by atoms with van der Waals surface area (Å²) in [4.78, 5) is 28.7. The smallest absolute Gasteiger partial charge is 0.277 e. The van der Waals surface area contributed by atoms with Crippen LogP contribution < -0.4 is 15.8 Å². The number of hydrogen-bond donors (Lipinski definition) is 2. The van der Waals surface area contributed by atoms with Gasteiger partial charge in [0, 0.05) is 14.1 Å². The van der Waals surface area contributed by atoms with Gasteiger partial charge in [0.2, 0.25) is 5.89 Å². The van der Waals surface area contributed by atoms with Crippen molar-refractivity contribution in [1.82, 2.24) is 19.8 Å². The zero-order valence-corrected chi connectivity index (χ0v) is 11.6. The van der Waals surface area contributed by atoms with Crippen LogP contribution in [0.4, 0.5) is 5.95 Å². The lowest BCUT2D eigenvalue weighted by Crippen LogP contribution is -2.22. The highest BCUT2D eigenvalue weighted by Gasteiger charge is 2.17. The van der Waals surface area contributed by atoms with Crippen LogP contribution in [0.25, 0.3) is 0 Å². The molecule has 0 aliphatic rings. The molecule has 0 fully saturated rings. The number of aromatic amines is 1. The second-order valence-electron chi connectivity index (χ2n) is 3.74. The summed E-state index contributed by atoms with van der Waals surface area (Å²) in [5.74, 6) is 0.197. The number of amides is 1. The van der Waals surface area contributed by atoms with Crippen LogP contribution in [0, 0.1) is 0 Å². The standard InChI is InChI=1S/C9H10ClN5O3S/c1-15(2)9-12-4(18-13-9)3-11-8(17)6-5(10)7(16)14-19-6/h3H2,1-2H3,(H,11,17)(H,14,16). The van der Waals surface area contributed by atoms with Gasteiger partial charge in [-0.1, -0.05) is 23.1 Å². The minimum absolute atomic E-state index is 0.0576. The van der Waals surface area contributed by atoms with Crippen LogP contribution in [0.15, 0.2) is 9.32 Å². The average molecular weight is 304 g/mol. The Morgan fingerprint density at radius 1 is 1.58 bits per heavy atom. The van der Waals surface area contributed by atoms with E-state index < -0.39 is 11.5 Å². The monoisotopic (exact) mass is 303 g/mol. The lowest BCUT2D eigenvalue weighted by atomic mass is 10.4. The molecule has 0 aliphatic carbocycles. The first-order valence-corrected chi connectivity index (χ1v) is 6.33. The summed E-state index contributed by atoms with van der Waals surface area (Å²) >= 11 is 6.55. The molecule has 2 heterocycles. The Balaban J connectivity index is 2.00. The van der Waals surface area contributed by atoms with E-state index in [1.165, 1.54) is 0 Å². The first kappa shape index (κ1) is 13.6. The first-order chi connectivity index (χ1) is 8.99. The van der Waals surface area contributed by atoms with Gasteiger partial charge >= 0.3 is 0 Å². The van der Waals surface area contributed by atoms with Crippen molar-refractivity contribution in [2.24, 2.45) is 0 Å². The van der Waals surface area contributed by atoms with Gasteiger partial charge in [-0.15, -0.1) is 0 Å². The third-order valence-corrected chi connectivity index (χ3v) is 3.46. The van der Waals surface area contributed by atoms with Gasteiger partial charge in [0.15, 0.2) is 0 Å². The van der Waals surface area contributed by atoms with E-state index in [0.29, 0.717) is 5.95 Å². The fraction of sp³-hybridized carbons (Fsp3) is 0.333. The molecule has 2 rings (SSSR count). The molecule has 0 atom stereocenters. The van der Waals surface area contributed by atoms with Crippen LogP contribution >= 0.6 is 23.1 Å². The van der Waals surface area contributed by atoms with Crippen molar-refractivity contribution >= 4 is 35.0 Å². The predicted octanol–water partition coefficient (Wildman–Crippen LogP) is 0.469. The van der Waals surface area contributed by atoms with Crippen molar-refractivity contribution in [2.45, 2.75) is 6.54 Å². The maximum Gasteiger partial charge on any atom is 0.277 e. The van der Waals surface area contributed by atoms with E-state index in [9.17, 15) is 9.59 Å². The molecular weight excluding hydrogens is 294 g/mol. The van der Waals surface area contributed by atoms with Crippen LogP contribution in [0.3, 0.4) is 0 Å². The summed E-state index contributed by atoms with van der Waals surface area (Å²) in [6, 6.07) is 0. The molecule has 0 aromatic carbocycles. The fourth-order valence-corrected chi connectivity index (χ4v) is 2.12. The minimum Gasteiger partial charge on any atom is -0.344 e. The minimum atomic E-state index is -0.482. The Kier molecular flexibility index (Phi) is 3.86. The Labute approximate surface area is 116 Å². The second kappa shape index (κ2) is 5.41. The van der Waals surface area contributed by atoms with Crippen molar-refractivity contribution in [3.63, 3.8) is 0 Å². The molecular formula is C9H10ClN5O3S. The summed E-state index contributed by atoms with van der Waals surface area (Å²) in [5.41, 5.74) is -0.482. The van der Waals surface area contributed by atoms with Crippen molar-refractivity contribution in [2.75, 3.05) is 19.0 Å². The third-order valence-electron chi connectivity index (χ3n) is 2.11. The number of carbonyl (C=O) groups excluding carboxylic acids is 1. The van der Waals surface area contributed by atoms with Crippen molar-refractivity contribution in [3.05, 3.63) is 26.1 Å². The van der Waals surface area contributed by atoms with Gasteiger partial charge in [0.25, 0.3) is 17.4 Å². The topological polar surface area (TPSA) is 104 Å². The third kappa shape index (κ3) is 2.93. The molecule has 0 spiro atoms. The second-order valence-corrected chi connectivity index (χ2v) is 4.94. The van der Waals surface area contributed by atoms with Crippen LogP contribution in [0.1, 0.15) is 15.6 Å². The van der Waals surface area contributed by atoms with E-state index in [-0.39, 0.29) is 22.3 Å². The van der Waals surface area contributed by atoms with Gasteiger partial charge < -0.3 is 14.7 Å². The van der Waals surface area contributed by atoms with Crippen molar-refractivity contribution in [3.8, 4) is 0 Å². The van der Waals surface area contributed by atoms with E-state index in [2.05, 4.69) is 19.8 Å². The van der Waals surface area contributed by atoms with Gasteiger partial charge in [-0.25, -0.2) is 0 Å². The number of anilines is 1. The van der Waals surface area contributed by atoms with E-state index in [4.69, 9.17) is 16.1 Å². The lowest BCUT2D eigenvalue weighted by Gasteiger charge is -2.02. The highest BCUT2D eigenvalue weighted by Crippen LogP contribution is 2.14. The summed E-state index contributed by atoms with van der Waals surface area (Å²) < 4.78 is 7.30. The Morgan fingerprint density at radius 3 is 2.84 bits per heavy atom. The van der Waals surface area contributed by atoms with E-state index >= 15 is 0 Å². The molecule has 0 unspecified atom stereocenters. The van der Waals surface area contributed by atoms with Crippen LogP contribution in [-0.2, 0) is 6.54 Å².